The van der Waals surface area contributed by atoms with Crippen molar-refractivity contribution in [2.75, 3.05) is 7.11 Å². The molecular formula is C17H14N2O2. The molecular weight excluding hydrogens is 264 g/mol. The van der Waals surface area contributed by atoms with Crippen LogP contribution in [0.1, 0.15) is 28.9 Å². The van der Waals surface area contributed by atoms with Crippen molar-refractivity contribution >= 4 is 27.7 Å². The molecule has 0 saturated heterocycles. The highest BCUT2D eigenvalue weighted by molar-refractivity contribution is 6.02. The van der Waals surface area contributed by atoms with Crippen LogP contribution in [0.5, 0.6) is 5.75 Å². The second-order valence-corrected chi connectivity index (χ2v) is 5.35. The lowest BCUT2D eigenvalue weighted by atomic mass is 9.94. The number of carbonyl (C=O) groups excluding carboxylic acids is 1. The van der Waals surface area contributed by atoms with Gasteiger partial charge in [0.15, 0.2) is 11.4 Å². The lowest BCUT2D eigenvalue weighted by molar-refractivity contribution is 0.0972. The number of benzene rings is 1. The molecule has 4 heteroatoms. The molecule has 0 aliphatic heterocycles. The Kier molecular flexibility index (Phi) is 2.64. The topological polar surface area (TPSA) is 52.1 Å². The highest BCUT2D eigenvalue weighted by Gasteiger charge is 2.19. The SMILES string of the molecule is COc1ccc2nc3nc4c(cc3cc2c1)C(=O)CCC4. The Hall–Kier alpha value is -2.49. The summed E-state index contributed by atoms with van der Waals surface area (Å²) in [4.78, 5) is 21.2. The zero-order chi connectivity index (χ0) is 14.4. The van der Waals surface area contributed by atoms with Crippen molar-refractivity contribution in [3.8, 4) is 5.75 Å². The molecule has 104 valence electrons. The van der Waals surface area contributed by atoms with Crippen LogP contribution in [0, 0.1) is 0 Å². The molecule has 0 radical (unpaired) electrons. The van der Waals surface area contributed by atoms with Gasteiger partial charge in [0.1, 0.15) is 5.75 Å². The molecule has 0 saturated carbocycles. The fourth-order valence-electron chi connectivity index (χ4n) is 2.89. The Bertz CT molecular complexity index is 887. The number of methoxy groups -OCH3 is 1. The number of hydrogen-bond acceptors (Lipinski definition) is 4. The van der Waals surface area contributed by atoms with Crippen LogP contribution in [-0.2, 0) is 6.42 Å². The van der Waals surface area contributed by atoms with Gasteiger partial charge >= 0.3 is 0 Å². The van der Waals surface area contributed by atoms with E-state index in [0.717, 1.165) is 46.1 Å². The average Bonchev–Trinajstić information content (AvgIpc) is 2.51. The molecule has 4 rings (SSSR count). The van der Waals surface area contributed by atoms with E-state index in [1.54, 1.807) is 7.11 Å². The third kappa shape index (κ3) is 1.95. The van der Waals surface area contributed by atoms with Crippen molar-refractivity contribution in [1.29, 1.82) is 0 Å². The maximum atomic E-state index is 12.0. The van der Waals surface area contributed by atoms with Gasteiger partial charge < -0.3 is 4.74 Å². The quantitative estimate of drug-likeness (QED) is 0.641. The van der Waals surface area contributed by atoms with Crippen molar-refractivity contribution in [2.45, 2.75) is 19.3 Å². The van der Waals surface area contributed by atoms with Crippen LogP contribution in [0.3, 0.4) is 0 Å². The predicted octanol–water partition coefficient (Wildman–Crippen LogP) is 3.31. The summed E-state index contributed by atoms with van der Waals surface area (Å²) in [6.45, 7) is 0. The molecule has 1 aliphatic rings. The molecule has 4 nitrogen and oxygen atoms in total. The van der Waals surface area contributed by atoms with E-state index in [9.17, 15) is 4.79 Å². The second-order valence-electron chi connectivity index (χ2n) is 5.35. The van der Waals surface area contributed by atoms with Gasteiger partial charge in [-0.25, -0.2) is 9.97 Å². The third-order valence-electron chi connectivity index (χ3n) is 4.00. The van der Waals surface area contributed by atoms with Crippen LogP contribution in [-0.4, -0.2) is 22.9 Å². The van der Waals surface area contributed by atoms with Gasteiger partial charge in [0.05, 0.1) is 18.3 Å². The Morgan fingerprint density at radius 3 is 2.81 bits per heavy atom. The predicted molar refractivity (Wildman–Crippen MR) is 80.9 cm³/mol. The summed E-state index contributed by atoms with van der Waals surface area (Å²) in [5, 5.41) is 1.90. The first kappa shape index (κ1) is 12.3. The third-order valence-corrected chi connectivity index (χ3v) is 4.00. The number of rotatable bonds is 1. The number of ketones is 1. The second kappa shape index (κ2) is 4.52. The highest BCUT2D eigenvalue weighted by atomic mass is 16.5. The highest BCUT2D eigenvalue weighted by Crippen LogP contribution is 2.27. The smallest absolute Gasteiger partial charge is 0.164 e. The number of aromatic nitrogens is 2. The van der Waals surface area contributed by atoms with Crippen LogP contribution in [0.2, 0.25) is 0 Å². The van der Waals surface area contributed by atoms with Gasteiger partial charge in [-0.1, -0.05) is 0 Å². The van der Waals surface area contributed by atoms with Crippen molar-refractivity contribution < 1.29 is 9.53 Å². The van der Waals surface area contributed by atoms with Gasteiger partial charge in [-0.05, 0) is 43.2 Å². The van der Waals surface area contributed by atoms with Gasteiger partial charge in [-0.2, -0.15) is 0 Å². The summed E-state index contributed by atoms with van der Waals surface area (Å²) in [6, 6.07) is 9.73. The summed E-state index contributed by atoms with van der Waals surface area (Å²) in [5.41, 5.74) is 3.25. The molecule has 0 unspecified atom stereocenters. The van der Waals surface area contributed by atoms with E-state index in [4.69, 9.17) is 4.74 Å². The first-order valence-electron chi connectivity index (χ1n) is 7.06. The van der Waals surface area contributed by atoms with Gasteiger partial charge in [-0.3, -0.25) is 4.79 Å². The first-order valence-corrected chi connectivity index (χ1v) is 7.06. The zero-order valence-corrected chi connectivity index (χ0v) is 11.7. The first-order chi connectivity index (χ1) is 10.2. The van der Waals surface area contributed by atoms with Crippen LogP contribution in [0.4, 0.5) is 0 Å². The van der Waals surface area contributed by atoms with Crippen LogP contribution in [0.15, 0.2) is 30.3 Å². The Morgan fingerprint density at radius 1 is 1.05 bits per heavy atom. The molecule has 0 N–H and O–H groups in total. The van der Waals surface area contributed by atoms with Gasteiger partial charge in [-0.15, -0.1) is 0 Å². The molecule has 1 aliphatic carbocycles. The minimum absolute atomic E-state index is 0.191. The zero-order valence-electron chi connectivity index (χ0n) is 11.7. The monoisotopic (exact) mass is 278 g/mol. The minimum Gasteiger partial charge on any atom is -0.497 e. The van der Waals surface area contributed by atoms with E-state index in [1.807, 2.05) is 30.3 Å². The van der Waals surface area contributed by atoms with Crippen molar-refractivity contribution in [3.05, 3.63) is 41.6 Å². The van der Waals surface area contributed by atoms with Gasteiger partial charge in [0.2, 0.25) is 0 Å². The fourth-order valence-corrected chi connectivity index (χ4v) is 2.89. The van der Waals surface area contributed by atoms with Crippen LogP contribution >= 0.6 is 0 Å². The lowest BCUT2D eigenvalue weighted by Gasteiger charge is -2.14. The van der Waals surface area contributed by atoms with E-state index in [2.05, 4.69) is 9.97 Å². The van der Waals surface area contributed by atoms with Crippen LogP contribution in [0.25, 0.3) is 21.9 Å². The van der Waals surface area contributed by atoms with E-state index in [-0.39, 0.29) is 5.78 Å². The van der Waals surface area contributed by atoms with Gasteiger partial charge in [0.25, 0.3) is 0 Å². The average molecular weight is 278 g/mol. The molecule has 0 amide bonds. The van der Waals surface area contributed by atoms with Crippen molar-refractivity contribution in [3.63, 3.8) is 0 Å². The maximum Gasteiger partial charge on any atom is 0.164 e. The number of aryl methyl sites for hydroxylation is 1. The van der Waals surface area contributed by atoms with E-state index in [0.29, 0.717) is 12.1 Å². The normalized spacial score (nSPS) is 14.4. The van der Waals surface area contributed by atoms with E-state index in [1.165, 1.54) is 0 Å². The summed E-state index contributed by atoms with van der Waals surface area (Å²) in [7, 11) is 1.65. The molecule has 3 aromatic rings. The lowest BCUT2D eigenvalue weighted by Crippen LogP contribution is -2.12. The molecule has 1 aromatic carbocycles. The summed E-state index contributed by atoms with van der Waals surface area (Å²) in [6.07, 6.45) is 2.36. The van der Waals surface area contributed by atoms with E-state index < -0.39 is 0 Å². The van der Waals surface area contributed by atoms with Crippen molar-refractivity contribution in [2.24, 2.45) is 0 Å². The summed E-state index contributed by atoms with van der Waals surface area (Å²) in [5.74, 6) is 0.988. The molecule has 2 heterocycles. The number of fused-ring (bicyclic) bond motifs is 3. The fraction of sp³-hybridized carbons (Fsp3) is 0.235. The number of Topliss-reactive ketones (excluding diaryl/α,β-unsaturated/α-hetero) is 1. The number of ether oxygens (including phenoxy) is 1. The Balaban J connectivity index is 2.00. The molecule has 21 heavy (non-hydrogen) atoms. The number of nitrogens with zero attached hydrogens (tertiary/aromatic N) is 2. The van der Waals surface area contributed by atoms with Gasteiger partial charge in [0, 0.05) is 22.8 Å². The molecule has 0 spiro atoms. The number of carbonyl (C=O) groups is 1. The molecule has 0 atom stereocenters. The number of pyridine rings is 2. The summed E-state index contributed by atoms with van der Waals surface area (Å²) >= 11 is 0. The summed E-state index contributed by atoms with van der Waals surface area (Å²) < 4.78 is 5.24. The van der Waals surface area contributed by atoms with E-state index >= 15 is 0 Å². The van der Waals surface area contributed by atoms with Crippen molar-refractivity contribution in [1.82, 2.24) is 9.97 Å². The minimum atomic E-state index is 0.191. The number of hydrogen-bond donors (Lipinski definition) is 0. The standard InChI is InChI=1S/C17H14N2O2/c1-21-12-5-6-14-10(8-12)7-11-9-13-15(19-17(11)18-14)3-2-4-16(13)20/h5-9H,2-4H2,1H3. The largest absolute Gasteiger partial charge is 0.497 e. The molecule has 0 bridgehead atoms. The Morgan fingerprint density at radius 2 is 1.95 bits per heavy atom. The Labute approximate surface area is 121 Å². The van der Waals surface area contributed by atoms with Crippen LogP contribution < -0.4 is 4.74 Å². The molecule has 0 fully saturated rings. The maximum absolute atomic E-state index is 12.0. The molecule has 2 aromatic heterocycles.